The molecule has 0 fully saturated rings. The van der Waals surface area contributed by atoms with Crippen LogP contribution in [-0.4, -0.2) is 20.9 Å². The third kappa shape index (κ3) is 4.76. The molecule has 5 rings (SSSR count). The van der Waals surface area contributed by atoms with Gasteiger partial charge in [-0.3, -0.25) is 9.59 Å². The standard InChI is InChI=1S/C28H24N4O2S/c1-18-15-24(33)32-26(29-18)19-9-8-12-21(16-19)30-27(34)28(2,20-10-4-3-5-11-20)17-25-31-22-13-6-7-14-23(22)35-25/h3-16H,17H2,1-2H3,(H,30,34)(H,29,32,33). The molecule has 174 valence electrons. The van der Waals surface area contributed by atoms with Gasteiger partial charge < -0.3 is 10.3 Å². The molecule has 1 atom stereocenters. The SMILES string of the molecule is Cc1cc(=O)[nH]c(-c2cccc(NC(=O)C(C)(Cc3nc4ccccc4s3)c3ccccc3)c2)n1. The molecule has 6 nitrogen and oxygen atoms in total. The van der Waals surface area contributed by atoms with Gasteiger partial charge >= 0.3 is 0 Å². The lowest BCUT2D eigenvalue weighted by atomic mass is 9.78. The molecule has 5 aromatic rings. The van der Waals surface area contributed by atoms with Crippen molar-refractivity contribution < 1.29 is 4.79 Å². The van der Waals surface area contributed by atoms with Crippen LogP contribution in [0.4, 0.5) is 5.69 Å². The van der Waals surface area contributed by atoms with Crippen molar-refractivity contribution in [2.45, 2.75) is 25.7 Å². The molecule has 1 unspecified atom stereocenters. The fraction of sp³-hybridized carbons (Fsp3) is 0.143. The summed E-state index contributed by atoms with van der Waals surface area (Å²) >= 11 is 1.61. The number of benzene rings is 3. The Labute approximate surface area is 206 Å². The Morgan fingerprint density at radius 1 is 0.971 bits per heavy atom. The Balaban J connectivity index is 1.48. The quantitative estimate of drug-likeness (QED) is 0.336. The molecule has 0 aliphatic carbocycles. The second-order valence-corrected chi connectivity index (χ2v) is 9.84. The maximum absolute atomic E-state index is 13.8. The number of aromatic nitrogens is 3. The first-order valence-corrected chi connectivity index (χ1v) is 12.1. The number of para-hydroxylation sites is 1. The Morgan fingerprint density at radius 3 is 2.51 bits per heavy atom. The number of amides is 1. The van der Waals surface area contributed by atoms with E-state index < -0.39 is 5.41 Å². The molecule has 7 heteroatoms. The molecule has 0 radical (unpaired) electrons. The first-order chi connectivity index (χ1) is 16.9. The summed E-state index contributed by atoms with van der Waals surface area (Å²) in [4.78, 5) is 37.7. The maximum atomic E-state index is 13.8. The summed E-state index contributed by atoms with van der Waals surface area (Å²) in [5, 5.41) is 4.00. The van der Waals surface area contributed by atoms with Gasteiger partial charge in [-0.25, -0.2) is 9.97 Å². The zero-order chi connectivity index (χ0) is 24.4. The number of aryl methyl sites for hydroxylation is 1. The van der Waals surface area contributed by atoms with E-state index in [0.717, 1.165) is 26.4 Å². The van der Waals surface area contributed by atoms with E-state index >= 15 is 0 Å². The number of rotatable bonds is 6. The molecule has 2 heterocycles. The van der Waals surface area contributed by atoms with Crippen molar-refractivity contribution >= 4 is 33.1 Å². The normalized spacial score (nSPS) is 12.9. The lowest BCUT2D eigenvalue weighted by Gasteiger charge is -2.28. The van der Waals surface area contributed by atoms with Crippen LogP contribution in [0.2, 0.25) is 0 Å². The monoisotopic (exact) mass is 480 g/mol. The van der Waals surface area contributed by atoms with Gasteiger partial charge in [0.2, 0.25) is 5.91 Å². The zero-order valence-corrected chi connectivity index (χ0v) is 20.2. The van der Waals surface area contributed by atoms with Crippen LogP contribution in [0.1, 0.15) is 23.2 Å². The number of nitrogens with one attached hydrogen (secondary N) is 2. The van der Waals surface area contributed by atoms with E-state index in [1.54, 1.807) is 18.3 Å². The van der Waals surface area contributed by atoms with Crippen LogP contribution in [0.3, 0.4) is 0 Å². The number of hydrogen-bond acceptors (Lipinski definition) is 5. The molecule has 35 heavy (non-hydrogen) atoms. The van der Waals surface area contributed by atoms with E-state index in [4.69, 9.17) is 4.98 Å². The third-order valence-electron chi connectivity index (χ3n) is 6.02. The van der Waals surface area contributed by atoms with Crippen molar-refractivity contribution in [3.63, 3.8) is 0 Å². The Kier molecular flexibility index (Phi) is 6.01. The summed E-state index contributed by atoms with van der Waals surface area (Å²) in [6.45, 7) is 3.73. The molecule has 3 aromatic carbocycles. The van der Waals surface area contributed by atoms with Gasteiger partial charge in [-0.1, -0.05) is 54.6 Å². The molecular weight excluding hydrogens is 456 g/mol. The summed E-state index contributed by atoms with van der Waals surface area (Å²) < 4.78 is 1.10. The summed E-state index contributed by atoms with van der Waals surface area (Å²) in [5.41, 5.74) is 2.77. The van der Waals surface area contributed by atoms with Gasteiger partial charge in [-0.2, -0.15) is 0 Å². The van der Waals surface area contributed by atoms with Gasteiger partial charge in [0.05, 0.1) is 20.6 Å². The number of thiazole rings is 1. The molecule has 0 bridgehead atoms. The average Bonchev–Trinajstić information content (AvgIpc) is 3.26. The van der Waals surface area contributed by atoms with Gasteiger partial charge in [-0.05, 0) is 43.7 Å². The first kappa shape index (κ1) is 22.7. The molecule has 0 spiro atoms. The van der Waals surface area contributed by atoms with Crippen molar-refractivity contribution in [2.24, 2.45) is 0 Å². The van der Waals surface area contributed by atoms with E-state index in [9.17, 15) is 9.59 Å². The number of carbonyl (C=O) groups is 1. The summed E-state index contributed by atoms with van der Waals surface area (Å²) in [5.74, 6) is 0.331. The average molecular weight is 481 g/mol. The second kappa shape index (κ2) is 9.27. The molecule has 2 aromatic heterocycles. The van der Waals surface area contributed by atoms with Gasteiger partial charge in [0.15, 0.2) is 0 Å². The number of hydrogen-bond donors (Lipinski definition) is 2. The molecule has 2 N–H and O–H groups in total. The topological polar surface area (TPSA) is 87.7 Å². The lowest BCUT2D eigenvalue weighted by Crippen LogP contribution is -2.39. The minimum absolute atomic E-state index is 0.134. The minimum Gasteiger partial charge on any atom is -0.325 e. The number of anilines is 1. The summed E-state index contributed by atoms with van der Waals surface area (Å²) in [7, 11) is 0. The number of carbonyl (C=O) groups excluding carboxylic acids is 1. The summed E-state index contributed by atoms with van der Waals surface area (Å²) in [6, 6.07) is 26.6. The van der Waals surface area contributed by atoms with Crippen LogP contribution in [0.25, 0.3) is 21.6 Å². The number of fused-ring (bicyclic) bond motifs is 1. The molecule has 0 saturated carbocycles. The smallest absolute Gasteiger partial charge is 0.251 e. The fourth-order valence-corrected chi connectivity index (χ4v) is 5.27. The Bertz CT molecular complexity index is 1540. The number of nitrogens with zero attached hydrogens (tertiary/aromatic N) is 2. The van der Waals surface area contributed by atoms with Gasteiger partial charge in [0.1, 0.15) is 5.82 Å². The third-order valence-corrected chi connectivity index (χ3v) is 7.06. The summed E-state index contributed by atoms with van der Waals surface area (Å²) in [6.07, 6.45) is 0.467. The van der Waals surface area contributed by atoms with Crippen molar-refractivity contribution in [3.8, 4) is 11.4 Å². The highest BCUT2D eigenvalue weighted by Crippen LogP contribution is 2.33. The van der Waals surface area contributed by atoms with Crippen molar-refractivity contribution in [3.05, 3.63) is 112 Å². The zero-order valence-electron chi connectivity index (χ0n) is 19.4. The van der Waals surface area contributed by atoms with Gasteiger partial charge in [0, 0.05) is 29.4 Å². The van der Waals surface area contributed by atoms with Crippen LogP contribution in [-0.2, 0) is 16.6 Å². The van der Waals surface area contributed by atoms with Crippen molar-refractivity contribution in [1.29, 1.82) is 0 Å². The Morgan fingerprint density at radius 2 is 1.74 bits per heavy atom. The van der Waals surface area contributed by atoms with E-state index in [1.807, 2.05) is 85.8 Å². The minimum atomic E-state index is -0.846. The number of aromatic amines is 1. The van der Waals surface area contributed by atoms with Crippen LogP contribution in [0.5, 0.6) is 0 Å². The molecule has 0 saturated heterocycles. The highest BCUT2D eigenvalue weighted by Gasteiger charge is 2.36. The first-order valence-electron chi connectivity index (χ1n) is 11.3. The lowest BCUT2D eigenvalue weighted by molar-refractivity contribution is -0.121. The van der Waals surface area contributed by atoms with Crippen molar-refractivity contribution in [1.82, 2.24) is 15.0 Å². The molecule has 0 aliphatic heterocycles. The highest BCUT2D eigenvalue weighted by molar-refractivity contribution is 7.18. The van der Waals surface area contributed by atoms with Crippen LogP contribution >= 0.6 is 11.3 Å². The maximum Gasteiger partial charge on any atom is 0.251 e. The fourth-order valence-electron chi connectivity index (χ4n) is 4.15. The van der Waals surface area contributed by atoms with Gasteiger partial charge in [-0.15, -0.1) is 11.3 Å². The van der Waals surface area contributed by atoms with E-state index in [2.05, 4.69) is 15.3 Å². The van der Waals surface area contributed by atoms with E-state index in [-0.39, 0.29) is 11.5 Å². The Hall–Kier alpha value is -4.10. The van der Waals surface area contributed by atoms with Crippen LogP contribution in [0, 0.1) is 6.92 Å². The van der Waals surface area contributed by atoms with Crippen molar-refractivity contribution in [2.75, 3.05) is 5.32 Å². The second-order valence-electron chi connectivity index (χ2n) is 8.72. The highest BCUT2D eigenvalue weighted by atomic mass is 32.1. The van der Waals surface area contributed by atoms with E-state index in [0.29, 0.717) is 23.6 Å². The molecule has 1 amide bonds. The number of H-pyrrole nitrogens is 1. The van der Waals surface area contributed by atoms with Crippen LogP contribution in [0.15, 0.2) is 89.7 Å². The van der Waals surface area contributed by atoms with Crippen LogP contribution < -0.4 is 10.9 Å². The largest absolute Gasteiger partial charge is 0.325 e. The predicted molar refractivity (Wildman–Crippen MR) is 141 cm³/mol. The van der Waals surface area contributed by atoms with E-state index in [1.165, 1.54) is 6.07 Å². The predicted octanol–water partition coefficient (Wildman–Crippen LogP) is 5.49. The van der Waals surface area contributed by atoms with Gasteiger partial charge in [0.25, 0.3) is 5.56 Å². The molecular formula is C28H24N4O2S. The molecule has 0 aliphatic rings.